The summed E-state index contributed by atoms with van der Waals surface area (Å²) in [7, 11) is 0. The summed E-state index contributed by atoms with van der Waals surface area (Å²) in [5.41, 5.74) is 5.60. The van der Waals surface area contributed by atoms with Crippen LogP contribution >= 0.6 is 0 Å². The summed E-state index contributed by atoms with van der Waals surface area (Å²) in [6, 6.07) is 11.7. The Labute approximate surface area is 194 Å². The second-order valence-electron chi connectivity index (χ2n) is 9.05. The third-order valence-corrected chi connectivity index (χ3v) is 6.52. The molecular formula is C26H30N4O3. The Hall–Kier alpha value is -3.32. The number of piperidine rings is 1. The van der Waals surface area contributed by atoms with E-state index < -0.39 is 0 Å². The molecule has 0 bridgehead atoms. The van der Waals surface area contributed by atoms with Crippen molar-refractivity contribution in [3.63, 3.8) is 0 Å². The Kier molecular flexibility index (Phi) is 6.05. The maximum atomic E-state index is 12.7. The van der Waals surface area contributed by atoms with E-state index in [1.165, 1.54) is 16.7 Å². The number of benzene rings is 2. The van der Waals surface area contributed by atoms with E-state index >= 15 is 0 Å². The fourth-order valence-electron chi connectivity index (χ4n) is 4.86. The summed E-state index contributed by atoms with van der Waals surface area (Å²) in [5, 5.41) is 7.59. The molecule has 1 aromatic heterocycles. The Bertz CT molecular complexity index is 1140. The van der Waals surface area contributed by atoms with E-state index in [0.717, 1.165) is 38.2 Å². The number of carbonyl (C=O) groups is 1. The van der Waals surface area contributed by atoms with Crippen molar-refractivity contribution in [1.29, 1.82) is 0 Å². The van der Waals surface area contributed by atoms with E-state index in [1.807, 2.05) is 23.1 Å². The van der Waals surface area contributed by atoms with Gasteiger partial charge in [0.1, 0.15) is 0 Å². The third-order valence-electron chi connectivity index (χ3n) is 6.52. The number of aryl methyl sites for hydroxylation is 2. The summed E-state index contributed by atoms with van der Waals surface area (Å²) in [4.78, 5) is 15.2. The molecular weight excluding hydrogens is 416 g/mol. The molecule has 0 saturated carbocycles. The second-order valence-corrected chi connectivity index (χ2v) is 9.05. The van der Waals surface area contributed by atoms with Crippen LogP contribution < -0.4 is 14.8 Å². The van der Waals surface area contributed by atoms with Crippen molar-refractivity contribution >= 4 is 5.91 Å². The maximum Gasteiger partial charge on any atom is 0.251 e. The van der Waals surface area contributed by atoms with Gasteiger partial charge in [-0.05, 0) is 86.2 Å². The lowest BCUT2D eigenvalue weighted by molar-refractivity contribution is 0.0930. The molecule has 3 heterocycles. The molecule has 2 aliphatic rings. The first kappa shape index (κ1) is 21.5. The van der Waals surface area contributed by atoms with Crippen LogP contribution in [0.3, 0.4) is 0 Å². The molecule has 1 saturated heterocycles. The van der Waals surface area contributed by atoms with Crippen LogP contribution in [0.15, 0.2) is 48.8 Å². The first-order valence-electron chi connectivity index (χ1n) is 11.6. The summed E-state index contributed by atoms with van der Waals surface area (Å²) in [6.07, 6.45) is 6.08. The number of amides is 1. The van der Waals surface area contributed by atoms with Crippen LogP contribution in [0.25, 0.3) is 5.69 Å². The van der Waals surface area contributed by atoms with Crippen LogP contribution in [0, 0.1) is 19.8 Å². The Balaban J connectivity index is 1.22. The smallest absolute Gasteiger partial charge is 0.251 e. The fourth-order valence-corrected chi connectivity index (χ4v) is 4.86. The molecule has 2 aliphatic heterocycles. The van der Waals surface area contributed by atoms with Crippen LogP contribution in [-0.4, -0.2) is 47.0 Å². The predicted octanol–water partition coefficient (Wildman–Crippen LogP) is 3.86. The molecule has 1 fully saturated rings. The van der Waals surface area contributed by atoms with E-state index in [4.69, 9.17) is 9.47 Å². The van der Waals surface area contributed by atoms with Crippen LogP contribution in [0.2, 0.25) is 0 Å². The highest BCUT2D eigenvalue weighted by molar-refractivity contribution is 5.94. The predicted molar refractivity (Wildman–Crippen MR) is 126 cm³/mol. The largest absolute Gasteiger partial charge is 0.454 e. The Morgan fingerprint density at radius 2 is 2.06 bits per heavy atom. The highest BCUT2D eigenvalue weighted by Gasteiger charge is 2.23. The number of ether oxygens (including phenoxy) is 2. The SMILES string of the molecule is Cc1cc(C)c(CN2CCCC(CNC(=O)c3ccc4c(c3)OCO4)C2)c(-n2cccn2)c1. The van der Waals surface area contributed by atoms with Gasteiger partial charge in [-0.3, -0.25) is 9.69 Å². The molecule has 0 radical (unpaired) electrons. The van der Waals surface area contributed by atoms with Gasteiger partial charge < -0.3 is 14.8 Å². The van der Waals surface area contributed by atoms with Crippen molar-refractivity contribution in [2.24, 2.45) is 5.92 Å². The molecule has 1 N–H and O–H groups in total. The zero-order valence-corrected chi connectivity index (χ0v) is 19.2. The van der Waals surface area contributed by atoms with Crippen molar-refractivity contribution in [2.75, 3.05) is 26.4 Å². The summed E-state index contributed by atoms with van der Waals surface area (Å²) < 4.78 is 12.7. The zero-order chi connectivity index (χ0) is 22.8. The summed E-state index contributed by atoms with van der Waals surface area (Å²) >= 11 is 0. The first-order valence-corrected chi connectivity index (χ1v) is 11.6. The molecule has 33 heavy (non-hydrogen) atoms. The lowest BCUT2D eigenvalue weighted by Gasteiger charge is -2.33. The minimum Gasteiger partial charge on any atom is -0.454 e. The number of hydrogen-bond acceptors (Lipinski definition) is 5. The highest BCUT2D eigenvalue weighted by atomic mass is 16.7. The zero-order valence-electron chi connectivity index (χ0n) is 19.2. The normalized spacial score (nSPS) is 17.8. The number of carbonyl (C=O) groups excluding carboxylic acids is 1. The van der Waals surface area contributed by atoms with Crippen LogP contribution in [0.4, 0.5) is 0 Å². The average Bonchev–Trinajstić information content (AvgIpc) is 3.51. The molecule has 7 heteroatoms. The van der Waals surface area contributed by atoms with Crippen molar-refractivity contribution in [2.45, 2.75) is 33.2 Å². The van der Waals surface area contributed by atoms with Gasteiger partial charge in [-0.15, -0.1) is 0 Å². The molecule has 1 unspecified atom stereocenters. The molecule has 2 aromatic carbocycles. The minimum atomic E-state index is -0.0687. The second kappa shape index (κ2) is 9.27. The molecule has 0 spiro atoms. The van der Waals surface area contributed by atoms with E-state index in [0.29, 0.717) is 29.5 Å². The lowest BCUT2D eigenvalue weighted by Crippen LogP contribution is -2.40. The molecule has 7 nitrogen and oxygen atoms in total. The van der Waals surface area contributed by atoms with Gasteiger partial charge >= 0.3 is 0 Å². The number of nitrogens with one attached hydrogen (secondary N) is 1. The monoisotopic (exact) mass is 446 g/mol. The van der Waals surface area contributed by atoms with Crippen molar-refractivity contribution in [3.05, 3.63) is 71.0 Å². The van der Waals surface area contributed by atoms with Crippen molar-refractivity contribution < 1.29 is 14.3 Å². The number of likely N-dealkylation sites (tertiary alicyclic amines) is 1. The third kappa shape index (κ3) is 4.73. The topological polar surface area (TPSA) is 68.6 Å². The van der Waals surface area contributed by atoms with Gasteiger partial charge in [0.25, 0.3) is 5.91 Å². The Morgan fingerprint density at radius 1 is 1.18 bits per heavy atom. The maximum absolute atomic E-state index is 12.7. The van der Waals surface area contributed by atoms with Crippen LogP contribution in [0.5, 0.6) is 11.5 Å². The standard InChI is InChI=1S/C26H30N4O3/c1-18-11-19(2)22(23(12-18)30-10-4-8-28-30)16-29-9-3-5-20(15-29)14-27-26(31)21-6-7-24-25(13-21)33-17-32-24/h4,6-8,10-13,20H,3,5,9,14-17H2,1-2H3,(H,27,31). The van der Waals surface area contributed by atoms with Crippen LogP contribution in [0.1, 0.15) is 39.9 Å². The Morgan fingerprint density at radius 3 is 2.91 bits per heavy atom. The van der Waals surface area contributed by atoms with Gasteiger partial charge in [0.2, 0.25) is 6.79 Å². The van der Waals surface area contributed by atoms with Gasteiger partial charge in [0.15, 0.2) is 11.5 Å². The van der Waals surface area contributed by atoms with Crippen molar-refractivity contribution in [3.8, 4) is 17.2 Å². The van der Waals surface area contributed by atoms with Gasteiger partial charge in [0, 0.05) is 37.6 Å². The van der Waals surface area contributed by atoms with E-state index in [9.17, 15) is 4.79 Å². The number of aromatic nitrogens is 2. The highest BCUT2D eigenvalue weighted by Crippen LogP contribution is 2.32. The number of fused-ring (bicyclic) bond motifs is 1. The molecule has 5 rings (SSSR count). The van der Waals surface area contributed by atoms with E-state index in [2.05, 4.69) is 41.3 Å². The van der Waals surface area contributed by atoms with Gasteiger partial charge in [-0.1, -0.05) is 6.07 Å². The lowest BCUT2D eigenvalue weighted by atomic mass is 9.96. The molecule has 172 valence electrons. The minimum absolute atomic E-state index is 0.0687. The van der Waals surface area contributed by atoms with Crippen molar-refractivity contribution in [1.82, 2.24) is 20.0 Å². The quantitative estimate of drug-likeness (QED) is 0.623. The van der Waals surface area contributed by atoms with E-state index in [1.54, 1.807) is 18.2 Å². The molecule has 0 aliphatic carbocycles. The molecule has 3 aromatic rings. The molecule has 1 atom stereocenters. The molecule has 1 amide bonds. The number of rotatable bonds is 6. The number of nitrogens with zero attached hydrogens (tertiary/aromatic N) is 3. The van der Waals surface area contributed by atoms with Crippen LogP contribution in [-0.2, 0) is 6.54 Å². The number of hydrogen-bond donors (Lipinski definition) is 1. The van der Waals surface area contributed by atoms with Gasteiger partial charge in [-0.25, -0.2) is 4.68 Å². The van der Waals surface area contributed by atoms with E-state index in [-0.39, 0.29) is 12.7 Å². The van der Waals surface area contributed by atoms with Gasteiger partial charge in [-0.2, -0.15) is 5.10 Å². The van der Waals surface area contributed by atoms with Gasteiger partial charge in [0.05, 0.1) is 5.69 Å². The summed E-state index contributed by atoms with van der Waals surface area (Å²) in [5.74, 6) is 1.68. The first-order chi connectivity index (χ1) is 16.1. The average molecular weight is 447 g/mol. The summed E-state index contributed by atoms with van der Waals surface area (Å²) in [6.45, 7) is 8.11. The fraction of sp³-hybridized carbons (Fsp3) is 0.385.